The van der Waals surface area contributed by atoms with Crippen molar-refractivity contribution in [1.82, 2.24) is 0 Å². The summed E-state index contributed by atoms with van der Waals surface area (Å²) < 4.78 is 89.2. The molecular weight excluding hydrogens is 327 g/mol. The lowest BCUT2D eigenvalue weighted by atomic mass is 9.91. The Balaban J connectivity index is 3.51. The van der Waals surface area contributed by atoms with E-state index in [0.717, 1.165) is 0 Å². The Kier molecular flexibility index (Phi) is 4.52. The molecule has 10 heteroatoms. The van der Waals surface area contributed by atoms with Crippen molar-refractivity contribution in [2.24, 2.45) is 0 Å². The van der Waals surface area contributed by atoms with Crippen LogP contribution in [0.1, 0.15) is 11.1 Å². The molecule has 1 aromatic rings. The highest BCUT2D eigenvalue weighted by Gasteiger charge is 2.73. The van der Waals surface area contributed by atoms with E-state index in [1.165, 1.54) is 0 Å². The van der Waals surface area contributed by atoms with Crippen LogP contribution in [0.2, 0.25) is 0 Å². The van der Waals surface area contributed by atoms with Gasteiger partial charge in [-0.15, -0.1) is 12.6 Å². The van der Waals surface area contributed by atoms with E-state index in [-0.39, 0.29) is 23.4 Å². The summed E-state index contributed by atoms with van der Waals surface area (Å²) in [5.41, 5.74) is -2.53. The van der Waals surface area contributed by atoms with E-state index >= 15 is 0 Å². The molecule has 118 valence electrons. The van der Waals surface area contributed by atoms with Crippen molar-refractivity contribution in [1.29, 1.82) is 0 Å². The Hall–Kier alpha value is -1.45. The van der Waals surface area contributed by atoms with E-state index in [2.05, 4.69) is 12.6 Å². The summed E-state index contributed by atoms with van der Waals surface area (Å²) in [5.74, 6) is 0. The Bertz CT molecular complexity index is 538. The van der Waals surface area contributed by atoms with Gasteiger partial charge in [-0.25, -0.2) is 4.39 Å². The van der Waals surface area contributed by atoms with Crippen LogP contribution in [0.4, 0.5) is 36.4 Å². The molecule has 0 fully saturated rings. The van der Waals surface area contributed by atoms with E-state index < -0.39 is 35.1 Å². The highest BCUT2D eigenvalue weighted by Crippen LogP contribution is 2.53. The Morgan fingerprint density at radius 2 is 1.52 bits per heavy atom. The van der Waals surface area contributed by atoms with E-state index in [1.54, 1.807) is 0 Å². The maximum atomic E-state index is 13.8. The van der Waals surface area contributed by atoms with E-state index in [4.69, 9.17) is 5.73 Å². The van der Waals surface area contributed by atoms with Crippen LogP contribution in [0, 0.1) is 0 Å². The molecule has 0 aromatic heterocycles. The summed E-state index contributed by atoms with van der Waals surface area (Å²) in [4.78, 5) is 10.8. The maximum Gasteiger partial charge on any atom is 0.435 e. The summed E-state index contributed by atoms with van der Waals surface area (Å²) >= 11 is 3.34. The van der Waals surface area contributed by atoms with Crippen LogP contribution < -0.4 is 5.73 Å². The van der Waals surface area contributed by atoms with Gasteiger partial charge in [0.25, 0.3) is 0 Å². The topological polar surface area (TPSA) is 43.1 Å². The predicted octanol–water partition coefficient (Wildman–Crippen LogP) is 3.56. The molecule has 0 aliphatic rings. The minimum atomic E-state index is -6.22. The highest BCUT2D eigenvalue weighted by atomic mass is 32.1. The first-order valence-corrected chi connectivity index (χ1v) is 5.68. The van der Waals surface area contributed by atoms with Gasteiger partial charge in [0.2, 0.25) is 0 Å². The van der Waals surface area contributed by atoms with Gasteiger partial charge in [-0.3, -0.25) is 4.79 Å². The second-order valence-corrected chi connectivity index (χ2v) is 4.64. The van der Waals surface area contributed by atoms with E-state index in [9.17, 15) is 35.5 Å². The average molecular weight is 335 g/mol. The monoisotopic (exact) mass is 335 g/mol. The molecule has 1 aromatic carbocycles. The lowest BCUT2D eigenvalue weighted by Gasteiger charge is -2.30. The summed E-state index contributed by atoms with van der Waals surface area (Å²) in [6, 6.07) is 1.22. The molecule has 2 nitrogen and oxygen atoms in total. The Morgan fingerprint density at radius 3 is 1.90 bits per heavy atom. The lowest BCUT2D eigenvalue weighted by molar-refractivity contribution is -0.348. The Labute approximate surface area is 119 Å². The summed E-state index contributed by atoms with van der Waals surface area (Å²) in [6.45, 7) is 0. The third kappa shape index (κ3) is 3.25. The van der Waals surface area contributed by atoms with Crippen molar-refractivity contribution in [3.8, 4) is 0 Å². The molecule has 0 amide bonds. The van der Waals surface area contributed by atoms with Gasteiger partial charge >= 0.3 is 18.0 Å². The van der Waals surface area contributed by atoms with E-state index in [0.29, 0.717) is 6.07 Å². The predicted molar refractivity (Wildman–Crippen MR) is 63.4 cm³/mol. The molecule has 1 rings (SSSR count). The normalized spacial score (nSPS) is 13.3. The summed E-state index contributed by atoms with van der Waals surface area (Å²) in [7, 11) is 0. The first kappa shape index (κ1) is 17.6. The average Bonchev–Trinajstić information content (AvgIpc) is 2.27. The third-order valence-corrected chi connectivity index (χ3v) is 2.82. The van der Waals surface area contributed by atoms with Gasteiger partial charge in [-0.05, 0) is 17.7 Å². The van der Waals surface area contributed by atoms with Crippen molar-refractivity contribution in [2.75, 3.05) is 5.73 Å². The molecule has 0 atom stereocenters. The number of thiol groups is 1. The van der Waals surface area contributed by atoms with Gasteiger partial charge in [0, 0.05) is 17.7 Å². The molecule has 0 aliphatic carbocycles. The fraction of sp³-hybridized carbons (Fsp3) is 0.364. The van der Waals surface area contributed by atoms with Crippen LogP contribution in [0.3, 0.4) is 0 Å². The van der Waals surface area contributed by atoms with Gasteiger partial charge < -0.3 is 5.73 Å². The second kappa shape index (κ2) is 5.39. The number of benzene rings is 1. The lowest BCUT2D eigenvalue weighted by Crippen LogP contribution is -2.50. The molecule has 0 saturated heterocycles. The van der Waals surface area contributed by atoms with Gasteiger partial charge in [0.05, 0.1) is 0 Å². The molecular formula is C11H8F7NOS. The van der Waals surface area contributed by atoms with Gasteiger partial charge in [0.1, 0.15) is 0 Å². The standard InChI is InChI=1S/C11H8F7NOS/c12-9(10(13,14)15,11(16,17)18)6-1-2-7(19)5(3-6)4-8(20)21/h1-3H,4,19H2,(H,20,21). The molecule has 0 unspecified atom stereocenters. The van der Waals surface area contributed by atoms with Crippen LogP contribution in [-0.2, 0) is 16.9 Å². The number of carbonyl (C=O) groups excluding carboxylic acids is 1. The fourth-order valence-electron chi connectivity index (χ4n) is 1.62. The maximum absolute atomic E-state index is 13.8. The SMILES string of the molecule is Nc1ccc(C(F)(C(F)(F)F)C(F)(F)F)cc1CC(=O)S. The number of carbonyl (C=O) groups is 1. The number of rotatable bonds is 3. The molecule has 0 aliphatic heterocycles. The molecule has 0 radical (unpaired) electrons. The number of hydrogen-bond donors (Lipinski definition) is 2. The van der Waals surface area contributed by atoms with Crippen LogP contribution in [0.5, 0.6) is 0 Å². The molecule has 2 N–H and O–H groups in total. The number of nitrogens with two attached hydrogens (primary N) is 1. The second-order valence-electron chi connectivity index (χ2n) is 4.14. The highest BCUT2D eigenvalue weighted by molar-refractivity contribution is 7.96. The molecule has 21 heavy (non-hydrogen) atoms. The summed E-state index contributed by atoms with van der Waals surface area (Å²) in [6.07, 6.45) is -13.1. The molecule has 0 heterocycles. The largest absolute Gasteiger partial charge is 0.435 e. The van der Waals surface area contributed by atoms with Gasteiger partial charge in [-0.2, -0.15) is 26.3 Å². The van der Waals surface area contributed by atoms with Crippen LogP contribution in [0.25, 0.3) is 0 Å². The van der Waals surface area contributed by atoms with Crippen molar-refractivity contribution in [3.05, 3.63) is 29.3 Å². The van der Waals surface area contributed by atoms with Gasteiger partial charge in [0.15, 0.2) is 5.12 Å². The van der Waals surface area contributed by atoms with Gasteiger partial charge in [-0.1, -0.05) is 6.07 Å². The van der Waals surface area contributed by atoms with Crippen LogP contribution in [0.15, 0.2) is 18.2 Å². The zero-order valence-corrected chi connectivity index (χ0v) is 10.9. The third-order valence-electron chi connectivity index (χ3n) is 2.66. The number of alkyl halides is 7. The fourth-order valence-corrected chi connectivity index (χ4v) is 1.79. The zero-order chi connectivity index (χ0) is 16.6. The van der Waals surface area contributed by atoms with Crippen molar-refractivity contribution >= 4 is 23.4 Å². The molecule has 0 spiro atoms. The summed E-state index contributed by atoms with van der Waals surface area (Å²) in [5, 5.41) is -0.845. The number of nitrogen functional groups attached to an aromatic ring is 1. The molecule has 0 bridgehead atoms. The first-order valence-electron chi connectivity index (χ1n) is 5.23. The molecule has 0 saturated carbocycles. The van der Waals surface area contributed by atoms with Crippen LogP contribution in [-0.4, -0.2) is 17.5 Å². The van der Waals surface area contributed by atoms with Crippen molar-refractivity contribution in [3.63, 3.8) is 0 Å². The van der Waals surface area contributed by atoms with Crippen LogP contribution >= 0.6 is 12.6 Å². The van der Waals surface area contributed by atoms with Crippen molar-refractivity contribution in [2.45, 2.75) is 24.4 Å². The van der Waals surface area contributed by atoms with E-state index in [1.807, 2.05) is 0 Å². The number of halogens is 7. The smallest absolute Gasteiger partial charge is 0.398 e. The van der Waals surface area contributed by atoms with Crippen molar-refractivity contribution < 1.29 is 35.5 Å². The Morgan fingerprint density at radius 1 is 1.05 bits per heavy atom. The quantitative estimate of drug-likeness (QED) is 0.504. The number of hydrogen-bond acceptors (Lipinski definition) is 2. The first-order chi connectivity index (χ1) is 9.30. The minimum Gasteiger partial charge on any atom is -0.398 e. The zero-order valence-electron chi connectivity index (χ0n) is 10.0. The number of anilines is 1. The minimum absolute atomic E-state index is 0.243.